The van der Waals surface area contributed by atoms with E-state index in [4.69, 9.17) is 4.74 Å². The van der Waals surface area contributed by atoms with E-state index in [1.165, 1.54) is 32.1 Å². The highest BCUT2D eigenvalue weighted by molar-refractivity contribution is 5.96. The summed E-state index contributed by atoms with van der Waals surface area (Å²) in [4.78, 5) is 23.1. The van der Waals surface area contributed by atoms with Crippen molar-refractivity contribution < 1.29 is 14.3 Å². The average molecular weight is 268 g/mol. The van der Waals surface area contributed by atoms with Gasteiger partial charge in [-0.1, -0.05) is 65.7 Å². The number of cyclic esters (lactones) is 2. The third-order valence-corrected chi connectivity index (χ3v) is 4.34. The molecule has 0 aromatic heterocycles. The molecule has 1 heterocycles. The van der Waals surface area contributed by atoms with E-state index in [0.29, 0.717) is 5.92 Å². The molecule has 0 amide bonds. The van der Waals surface area contributed by atoms with E-state index in [-0.39, 0.29) is 23.8 Å². The molecule has 0 aromatic rings. The van der Waals surface area contributed by atoms with Crippen molar-refractivity contribution in [3.05, 3.63) is 0 Å². The second-order valence-electron chi connectivity index (χ2n) is 5.78. The van der Waals surface area contributed by atoms with Crippen molar-refractivity contribution in [1.82, 2.24) is 0 Å². The summed E-state index contributed by atoms with van der Waals surface area (Å²) in [6.07, 6.45) is 9.57. The summed E-state index contributed by atoms with van der Waals surface area (Å²) in [5.74, 6) is -0.780. The van der Waals surface area contributed by atoms with E-state index in [1.807, 2.05) is 6.92 Å². The van der Waals surface area contributed by atoms with Crippen LogP contribution in [-0.4, -0.2) is 11.9 Å². The Balaban J connectivity index is 2.33. The Morgan fingerprint density at radius 2 is 1.63 bits per heavy atom. The van der Waals surface area contributed by atoms with Gasteiger partial charge in [-0.2, -0.15) is 0 Å². The normalized spacial score (nSPS) is 24.6. The molecule has 1 fully saturated rings. The van der Waals surface area contributed by atoms with Crippen molar-refractivity contribution in [3.8, 4) is 0 Å². The maximum atomic E-state index is 11.7. The smallest absolute Gasteiger partial charge is 0.317 e. The molecule has 3 unspecified atom stereocenters. The molecule has 1 saturated heterocycles. The molecule has 110 valence electrons. The molecule has 0 bridgehead atoms. The van der Waals surface area contributed by atoms with Crippen molar-refractivity contribution in [1.29, 1.82) is 0 Å². The van der Waals surface area contributed by atoms with Crippen LogP contribution in [0.2, 0.25) is 0 Å². The molecule has 3 nitrogen and oxygen atoms in total. The van der Waals surface area contributed by atoms with Crippen molar-refractivity contribution in [3.63, 3.8) is 0 Å². The molecule has 1 aliphatic rings. The molecule has 0 aliphatic carbocycles. The molecule has 19 heavy (non-hydrogen) atoms. The summed E-state index contributed by atoms with van der Waals surface area (Å²) in [5.41, 5.74) is 0. The fourth-order valence-electron chi connectivity index (χ4n) is 3.04. The van der Waals surface area contributed by atoms with Crippen molar-refractivity contribution in [2.24, 2.45) is 17.8 Å². The minimum absolute atomic E-state index is 0.201. The van der Waals surface area contributed by atoms with Crippen LogP contribution >= 0.6 is 0 Å². The van der Waals surface area contributed by atoms with Gasteiger partial charge in [-0.25, -0.2) is 0 Å². The molecule has 0 saturated carbocycles. The predicted octanol–water partition coefficient (Wildman–Crippen LogP) is 4.10. The zero-order valence-corrected chi connectivity index (χ0v) is 12.6. The van der Waals surface area contributed by atoms with E-state index in [1.54, 1.807) is 0 Å². The van der Waals surface area contributed by atoms with Gasteiger partial charge >= 0.3 is 11.9 Å². The van der Waals surface area contributed by atoms with Crippen LogP contribution in [-0.2, 0) is 14.3 Å². The Kier molecular flexibility index (Phi) is 7.11. The van der Waals surface area contributed by atoms with E-state index in [0.717, 1.165) is 19.3 Å². The van der Waals surface area contributed by atoms with Crippen LogP contribution in [0.3, 0.4) is 0 Å². The highest BCUT2D eigenvalue weighted by Crippen LogP contribution is 2.34. The van der Waals surface area contributed by atoms with Crippen molar-refractivity contribution >= 4 is 11.9 Å². The van der Waals surface area contributed by atoms with Gasteiger partial charge in [-0.05, 0) is 12.3 Å². The summed E-state index contributed by atoms with van der Waals surface area (Å²) < 4.78 is 4.75. The maximum absolute atomic E-state index is 11.7. The highest BCUT2D eigenvalue weighted by atomic mass is 16.6. The van der Waals surface area contributed by atoms with Gasteiger partial charge in [0.1, 0.15) is 0 Å². The molecular formula is C16H28O3. The van der Waals surface area contributed by atoms with Gasteiger partial charge in [0.25, 0.3) is 0 Å². The minimum atomic E-state index is -0.337. The Morgan fingerprint density at radius 3 is 2.16 bits per heavy atom. The summed E-state index contributed by atoms with van der Waals surface area (Å²) >= 11 is 0. The second kappa shape index (κ2) is 8.34. The van der Waals surface area contributed by atoms with Crippen molar-refractivity contribution in [2.75, 3.05) is 0 Å². The molecule has 3 heteroatoms. The number of rotatable bonds is 9. The fraction of sp³-hybridized carbons (Fsp3) is 0.875. The Labute approximate surface area is 117 Å². The van der Waals surface area contributed by atoms with Crippen LogP contribution in [0.25, 0.3) is 0 Å². The zero-order valence-electron chi connectivity index (χ0n) is 12.6. The number of unbranched alkanes of at least 4 members (excludes halogenated alkanes) is 5. The standard InChI is InChI=1S/C16H28O3/c1-4-6-7-8-9-10-11-13(5-2)14-12(3)15(17)19-16(14)18/h12-14H,4-11H2,1-3H3. The van der Waals surface area contributed by atoms with Crippen LogP contribution in [0.5, 0.6) is 0 Å². The van der Waals surface area contributed by atoms with E-state index >= 15 is 0 Å². The third kappa shape index (κ3) is 4.63. The third-order valence-electron chi connectivity index (χ3n) is 4.34. The molecule has 0 spiro atoms. The molecule has 1 aliphatic heterocycles. The number of ether oxygens (including phenoxy) is 1. The lowest BCUT2D eigenvalue weighted by molar-refractivity contribution is -0.154. The maximum Gasteiger partial charge on any atom is 0.317 e. The van der Waals surface area contributed by atoms with Crippen LogP contribution in [0.15, 0.2) is 0 Å². The first-order chi connectivity index (χ1) is 9.11. The monoisotopic (exact) mass is 268 g/mol. The van der Waals surface area contributed by atoms with Gasteiger partial charge in [0.2, 0.25) is 0 Å². The first kappa shape index (κ1) is 16.2. The molecular weight excluding hydrogens is 240 g/mol. The van der Waals surface area contributed by atoms with Gasteiger partial charge in [0.15, 0.2) is 0 Å². The zero-order chi connectivity index (χ0) is 14.3. The van der Waals surface area contributed by atoms with Gasteiger partial charge in [0.05, 0.1) is 11.8 Å². The Hall–Kier alpha value is -0.860. The Morgan fingerprint density at radius 1 is 1.00 bits per heavy atom. The molecule has 3 atom stereocenters. The van der Waals surface area contributed by atoms with Crippen LogP contribution in [0.1, 0.15) is 72.1 Å². The van der Waals surface area contributed by atoms with Crippen LogP contribution < -0.4 is 0 Å². The lowest BCUT2D eigenvalue weighted by atomic mass is 9.79. The summed E-state index contributed by atoms with van der Waals surface area (Å²) in [6.45, 7) is 6.14. The summed E-state index contributed by atoms with van der Waals surface area (Å²) in [5, 5.41) is 0. The Bertz CT molecular complexity index is 298. The quantitative estimate of drug-likeness (QED) is 0.359. The number of carbonyl (C=O) groups excluding carboxylic acids is 2. The molecule has 0 N–H and O–H groups in total. The molecule has 1 rings (SSSR count). The van der Waals surface area contributed by atoms with Crippen LogP contribution in [0.4, 0.5) is 0 Å². The number of hydrogen-bond donors (Lipinski definition) is 0. The first-order valence-corrected chi connectivity index (χ1v) is 7.87. The topological polar surface area (TPSA) is 43.4 Å². The summed E-state index contributed by atoms with van der Waals surface area (Å²) in [6, 6.07) is 0. The van der Waals surface area contributed by atoms with E-state index in [2.05, 4.69) is 13.8 Å². The number of esters is 2. The number of carbonyl (C=O) groups is 2. The first-order valence-electron chi connectivity index (χ1n) is 7.87. The van der Waals surface area contributed by atoms with Crippen molar-refractivity contribution in [2.45, 2.75) is 72.1 Å². The molecule has 0 radical (unpaired) electrons. The second-order valence-corrected chi connectivity index (χ2v) is 5.78. The van der Waals surface area contributed by atoms with Gasteiger partial charge in [-0.3, -0.25) is 9.59 Å². The fourth-order valence-corrected chi connectivity index (χ4v) is 3.04. The minimum Gasteiger partial charge on any atom is -0.393 e. The lowest BCUT2D eigenvalue weighted by Crippen LogP contribution is -2.24. The van der Waals surface area contributed by atoms with Gasteiger partial charge < -0.3 is 4.74 Å². The SMILES string of the molecule is CCCCCCCCC(CC)C1C(=O)OC(=O)C1C. The van der Waals surface area contributed by atoms with Gasteiger partial charge in [0, 0.05) is 0 Å². The van der Waals surface area contributed by atoms with Gasteiger partial charge in [-0.15, -0.1) is 0 Å². The van der Waals surface area contributed by atoms with E-state index in [9.17, 15) is 9.59 Å². The number of hydrogen-bond acceptors (Lipinski definition) is 3. The van der Waals surface area contributed by atoms with Crippen LogP contribution in [0, 0.1) is 17.8 Å². The van der Waals surface area contributed by atoms with E-state index < -0.39 is 0 Å². The molecule has 0 aromatic carbocycles. The lowest BCUT2D eigenvalue weighted by Gasteiger charge is -2.21. The summed E-state index contributed by atoms with van der Waals surface area (Å²) in [7, 11) is 0. The predicted molar refractivity (Wildman–Crippen MR) is 75.5 cm³/mol. The highest BCUT2D eigenvalue weighted by Gasteiger charge is 2.44. The largest absolute Gasteiger partial charge is 0.393 e. The average Bonchev–Trinajstić information content (AvgIpc) is 2.64.